The van der Waals surface area contributed by atoms with Crippen molar-refractivity contribution in [1.82, 2.24) is 0 Å². The number of hydrogen-bond acceptors (Lipinski definition) is 3. The second-order valence-electron chi connectivity index (χ2n) is 4.49. The summed E-state index contributed by atoms with van der Waals surface area (Å²) in [6.07, 6.45) is 3.38. The highest BCUT2D eigenvalue weighted by molar-refractivity contribution is 7.92. The Hall–Kier alpha value is -0.580. The van der Waals surface area contributed by atoms with E-state index in [2.05, 4.69) is 0 Å². The standard InChI is InChI=1S/C12H16ClNO2S/c13-9-4-3-5-10(8-9)17(15,16)12-7-2-1-6-11(12)14/h3-5,8,11-12H,1-2,6-7,14H2. The van der Waals surface area contributed by atoms with Crippen LogP contribution in [0.3, 0.4) is 0 Å². The minimum absolute atomic E-state index is 0.257. The quantitative estimate of drug-likeness (QED) is 0.900. The van der Waals surface area contributed by atoms with Crippen molar-refractivity contribution in [2.75, 3.05) is 0 Å². The second kappa shape index (κ2) is 4.96. The van der Waals surface area contributed by atoms with E-state index in [1.807, 2.05) is 0 Å². The van der Waals surface area contributed by atoms with Gasteiger partial charge in [-0.15, -0.1) is 0 Å². The van der Waals surface area contributed by atoms with Gasteiger partial charge in [0.15, 0.2) is 9.84 Å². The number of rotatable bonds is 2. The maximum Gasteiger partial charge on any atom is 0.182 e. The number of hydrogen-bond donors (Lipinski definition) is 1. The molecule has 2 N–H and O–H groups in total. The molecule has 0 aromatic heterocycles. The molecule has 0 radical (unpaired) electrons. The van der Waals surface area contributed by atoms with Crippen LogP contribution in [0.15, 0.2) is 29.2 Å². The van der Waals surface area contributed by atoms with Crippen molar-refractivity contribution in [3.05, 3.63) is 29.3 Å². The van der Waals surface area contributed by atoms with Crippen molar-refractivity contribution in [3.8, 4) is 0 Å². The van der Waals surface area contributed by atoms with Gasteiger partial charge in [-0.1, -0.05) is 30.5 Å². The maximum absolute atomic E-state index is 12.4. The molecule has 2 unspecified atom stereocenters. The van der Waals surface area contributed by atoms with E-state index in [1.54, 1.807) is 18.2 Å². The molecule has 1 aliphatic rings. The molecule has 94 valence electrons. The first-order valence-corrected chi connectivity index (χ1v) is 7.69. The van der Waals surface area contributed by atoms with Gasteiger partial charge in [0, 0.05) is 11.1 Å². The van der Waals surface area contributed by atoms with Crippen LogP contribution >= 0.6 is 11.6 Å². The van der Waals surface area contributed by atoms with Gasteiger partial charge in [-0.05, 0) is 31.0 Å². The van der Waals surface area contributed by atoms with Crippen molar-refractivity contribution >= 4 is 21.4 Å². The van der Waals surface area contributed by atoms with Gasteiger partial charge in [-0.25, -0.2) is 8.42 Å². The van der Waals surface area contributed by atoms with Crippen molar-refractivity contribution in [3.63, 3.8) is 0 Å². The van der Waals surface area contributed by atoms with Gasteiger partial charge in [-0.3, -0.25) is 0 Å². The first-order chi connectivity index (χ1) is 8.01. The Morgan fingerprint density at radius 2 is 1.94 bits per heavy atom. The van der Waals surface area contributed by atoms with Gasteiger partial charge in [0.2, 0.25) is 0 Å². The third kappa shape index (κ3) is 2.64. The molecule has 0 aliphatic heterocycles. The lowest BCUT2D eigenvalue weighted by Gasteiger charge is -2.28. The third-order valence-corrected chi connectivity index (χ3v) is 5.81. The normalized spacial score (nSPS) is 25.8. The molecule has 0 heterocycles. The molecule has 17 heavy (non-hydrogen) atoms. The minimum Gasteiger partial charge on any atom is -0.327 e. The predicted octanol–water partition coefficient (Wildman–Crippen LogP) is 2.38. The third-order valence-electron chi connectivity index (χ3n) is 3.28. The molecule has 0 saturated heterocycles. The van der Waals surface area contributed by atoms with Crippen LogP contribution in [0.5, 0.6) is 0 Å². The molecule has 0 spiro atoms. The Morgan fingerprint density at radius 3 is 2.59 bits per heavy atom. The van der Waals surface area contributed by atoms with E-state index in [1.165, 1.54) is 6.07 Å². The zero-order chi connectivity index (χ0) is 12.5. The first-order valence-electron chi connectivity index (χ1n) is 5.77. The summed E-state index contributed by atoms with van der Waals surface area (Å²) in [6.45, 7) is 0. The van der Waals surface area contributed by atoms with Crippen LogP contribution in [-0.4, -0.2) is 19.7 Å². The van der Waals surface area contributed by atoms with Crippen LogP contribution in [0, 0.1) is 0 Å². The van der Waals surface area contributed by atoms with Crippen LogP contribution in [0.2, 0.25) is 5.02 Å². The van der Waals surface area contributed by atoms with E-state index < -0.39 is 15.1 Å². The number of benzene rings is 1. The lowest BCUT2D eigenvalue weighted by atomic mass is 9.96. The summed E-state index contributed by atoms with van der Waals surface area (Å²) in [5.74, 6) is 0. The van der Waals surface area contributed by atoms with Crippen LogP contribution in [0.1, 0.15) is 25.7 Å². The maximum atomic E-state index is 12.4. The molecule has 2 atom stereocenters. The summed E-state index contributed by atoms with van der Waals surface area (Å²) in [5, 5.41) is -0.0230. The molecule has 0 amide bonds. The van der Waals surface area contributed by atoms with E-state index in [0.717, 1.165) is 19.3 Å². The molecule has 1 aromatic carbocycles. The molecule has 5 heteroatoms. The Labute approximate surface area is 107 Å². The number of nitrogens with two attached hydrogens (primary N) is 1. The summed E-state index contributed by atoms with van der Waals surface area (Å²) in [6, 6.07) is 6.15. The second-order valence-corrected chi connectivity index (χ2v) is 7.09. The largest absolute Gasteiger partial charge is 0.327 e. The average Bonchev–Trinajstić information content (AvgIpc) is 2.29. The van der Waals surface area contributed by atoms with Crippen LogP contribution < -0.4 is 5.73 Å². The lowest BCUT2D eigenvalue weighted by Crippen LogP contribution is -2.42. The van der Waals surface area contributed by atoms with E-state index in [9.17, 15) is 8.42 Å². The lowest BCUT2D eigenvalue weighted by molar-refractivity contribution is 0.432. The highest BCUT2D eigenvalue weighted by Gasteiger charge is 2.34. The van der Waals surface area contributed by atoms with Crippen molar-refractivity contribution in [2.45, 2.75) is 41.9 Å². The van der Waals surface area contributed by atoms with Gasteiger partial charge in [0.1, 0.15) is 0 Å². The molecule has 1 aromatic rings. The summed E-state index contributed by atoms with van der Waals surface area (Å²) >= 11 is 5.83. The van der Waals surface area contributed by atoms with Crippen molar-refractivity contribution in [1.29, 1.82) is 0 Å². The highest BCUT2D eigenvalue weighted by Crippen LogP contribution is 2.28. The molecule has 1 fully saturated rings. The monoisotopic (exact) mass is 273 g/mol. The van der Waals surface area contributed by atoms with E-state index in [0.29, 0.717) is 11.4 Å². The zero-order valence-electron chi connectivity index (χ0n) is 9.47. The molecular weight excluding hydrogens is 258 g/mol. The number of halogens is 1. The van der Waals surface area contributed by atoms with E-state index >= 15 is 0 Å². The molecule has 3 nitrogen and oxygen atoms in total. The van der Waals surface area contributed by atoms with Crippen molar-refractivity contribution < 1.29 is 8.42 Å². The topological polar surface area (TPSA) is 60.2 Å². The van der Waals surface area contributed by atoms with Gasteiger partial charge in [0.05, 0.1) is 10.1 Å². The van der Waals surface area contributed by atoms with Crippen molar-refractivity contribution in [2.24, 2.45) is 5.73 Å². The summed E-state index contributed by atoms with van der Waals surface area (Å²) in [4.78, 5) is 0.285. The molecule has 0 bridgehead atoms. The van der Waals surface area contributed by atoms with Gasteiger partial charge < -0.3 is 5.73 Å². The minimum atomic E-state index is -3.34. The molecule has 1 saturated carbocycles. The summed E-state index contributed by atoms with van der Waals surface area (Å²) < 4.78 is 24.8. The van der Waals surface area contributed by atoms with Gasteiger partial charge >= 0.3 is 0 Å². The smallest absolute Gasteiger partial charge is 0.182 e. The van der Waals surface area contributed by atoms with Crippen LogP contribution in [0.25, 0.3) is 0 Å². The fraction of sp³-hybridized carbons (Fsp3) is 0.500. The summed E-state index contributed by atoms with van der Waals surface area (Å²) in [5.41, 5.74) is 5.93. The zero-order valence-corrected chi connectivity index (χ0v) is 11.0. The Bertz CT molecular complexity index is 501. The Morgan fingerprint density at radius 1 is 1.24 bits per heavy atom. The Balaban J connectivity index is 2.35. The van der Waals surface area contributed by atoms with E-state index in [-0.39, 0.29) is 10.9 Å². The first kappa shape index (κ1) is 12.9. The molecule has 1 aliphatic carbocycles. The molecule has 2 rings (SSSR count). The number of sulfone groups is 1. The SMILES string of the molecule is NC1CCCCC1S(=O)(=O)c1cccc(Cl)c1. The Kier molecular flexibility index (Phi) is 3.76. The summed E-state index contributed by atoms with van der Waals surface area (Å²) in [7, 11) is -3.34. The van der Waals surface area contributed by atoms with E-state index in [4.69, 9.17) is 17.3 Å². The van der Waals surface area contributed by atoms with Gasteiger partial charge in [-0.2, -0.15) is 0 Å². The fourth-order valence-electron chi connectivity index (χ4n) is 2.33. The van der Waals surface area contributed by atoms with Gasteiger partial charge in [0.25, 0.3) is 0 Å². The predicted molar refractivity (Wildman–Crippen MR) is 68.9 cm³/mol. The van der Waals surface area contributed by atoms with Crippen LogP contribution in [0.4, 0.5) is 0 Å². The van der Waals surface area contributed by atoms with Crippen LogP contribution in [-0.2, 0) is 9.84 Å². The highest BCUT2D eigenvalue weighted by atomic mass is 35.5. The molecular formula is C12H16ClNO2S. The average molecular weight is 274 g/mol. The fourth-order valence-corrected chi connectivity index (χ4v) is 4.57.